The second-order valence-electron chi connectivity index (χ2n) is 2.12. The predicted molar refractivity (Wildman–Crippen MR) is 48.6 cm³/mol. The lowest BCUT2D eigenvalue weighted by Gasteiger charge is -2.04. The lowest BCUT2D eigenvalue weighted by Crippen LogP contribution is -2.02. The maximum Gasteiger partial charge on any atom is 0.0638 e. The standard InChI is InChI=1S/C7H8Cl2N2/c8-6-3-1-2-5(4-11-9)7(6)10/h1-3,11H,4,10H2. The van der Waals surface area contributed by atoms with Gasteiger partial charge in [0.25, 0.3) is 0 Å². The molecule has 0 fully saturated rings. The summed E-state index contributed by atoms with van der Waals surface area (Å²) in [6.45, 7) is 0.522. The van der Waals surface area contributed by atoms with Crippen molar-refractivity contribution in [3.63, 3.8) is 0 Å². The first-order chi connectivity index (χ1) is 5.25. The number of nitrogen functional groups attached to an aromatic ring is 1. The van der Waals surface area contributed by atoms with Crippen LogP contribution in [-0.2, 0) is 6.54 Å². The summed E-state index contributed by atoms with van der Waals surface area (Å²) in [4.78, 5) is 2.49. The fourth-order valence-corrected chi connectivity index (χ4v) is 1.15. The second-order valence-corrected chi connectivity index (χ2v) is 2.80. The molecule has 0 saturated carbocycles. The van der Waals surface area contributed by atoms with Crippen molar-refractivity contribution in [1.29, 1.82) is 0 Å². The molecule has 1 rings (SSSR count). The van der Waals surface area contributed by atoms with Crippen LogP contribution in [-0.4, -0.2) is 0 Å². The van der Waals surface area contributed by atoms with Gasteiger partial charge in [-0.05, 0) is 23.4 Å². The third-order valence-electron chi connectivity index (χ3n) is 1.40. The monoisotopic (exact) mass is 190 g/mol. The van der Waals surface area contributed by atoms with Crippen LogP contribution < -0.4 is 10.6 Å². The molecule has 0 aliphatic rings. The molecule has 1 aromatic rings. The van der Waals surface area contributed by atoms with E-state index in [1.165, 1.54) is 0 Å². The molecule has 0 aliphatic heterocycles. The number of nitrogens with two attached hydrogens (primary N) is 1. The first kappa shape index (κ1) is 8.65. The number of halogens is 2. The van der Waals surface area contributed by atoms with Crippen LogP contribution in [0.1, 0.15) is 5.56 Å². The Labute approximate surface area is 75.4 Å². The van der Waals surface area contributed by atoms with E-state index in [1.807, 2.05) is 12.1 Å². The SMILES string of the molecule is Nc1c(Cl)cccc1CNCl. The van der Waals surface area contributed by atoms with E-state index in [0.717, 1.165) is 5.56 Å². The summed E-state index contributed by atoms with van der Waals surface area (Å²) < 4.78 is 0. The van der Waals surface area contributed by atoms with Crippen molar-refractivity contribution in [2.45, 2.75) is 6.54 Å². The van der Waals surface area contributed by atoms with Gasteiger partial charge in [-0.1, -0.05) is 23.7 Å². The molecule has 0 radical (unpaired) electrons. The van der Waals surface area contributed by atoms with E-state index in [2.05, 4.69) is 4.84 Å². The van der Waals surface area contributed by atoms with E-state index in [1.54, 1.807) is 6.07 Å². The van der Waals surface area contributed by atoms with Gasteiger partial charge in [0, 0.05) is 6.54 Å². The van der Waals surface area contributed by atoms with Gasteiger partial charge in [-0.25, -0.2) is 4.84 Å². The first-order valence-electron chi connectivity index (χ1n) is 3.12. The van der Waals surface area contributed by atoms with E-state index in [4.69, 9.17) is 29.1 Å². The summed E-state index contributed by atoms with van der Waals surface area (Å²) >= 11 is 11.1. The highest BCUT2D eigenvalue weighted by Crippen LogP contribution is 2.21. The molecule has 4 heteroatoms. The van der Waals surface area contributed by atoms with Crippen molar-refractivity contribution in [1.82, 2.24) is 4.84 Å². The molecule has 0 aliphatic carbocycles. The van der Waals surface area contributed by atoms with Crippen LogP contribution in [0, 0.1) is 0 Å². The third kappa shape index (κ3) is 1.99. The zero-order valence-electron chi connectivity index (χ0n) is 5.77. The highest BCUT2D eigenvalue weighted by Gasteiger charge is 2.00. The Hall–Kier alpha value is -0.440. The molecule has 0 bridgehead atoms. The molecule has 3 N–H and O–H groups in total. The van der Waals surface area contributed by atoms with Gasteiger partial charge in [0.2, 0.25) is 0 Å². The van der Waals surface area contributed by atoms with E-state index >= 15 is 0 Å². The molecule has 0 spiro atoms. The Morgan fingerprint density at radius 1 is 1.45 bits per heavy atom. The van der Waals surface area contributed by atoms with E-state index < -0.39 is 0 Å². The molecule has 0 heterocycles. The van der Waals surface area contributed by atoms with Crippen molar-refractivity contribution in [3.8, 4) is 0 Å². The van der Waals surface area contributed by atoms with Gasteiger partial charge >= 0.3 is 0 Å². The number of hydrogen-bond donors (Lipinski definition) is 2. The average Bonchev–Trinajstić information content (AvgIpc) is 1.99. The number of hydrogen-bond acceptors (Lipinski definition) is 2. The summed E-state index contributed by atoms with van der Waals surface area (Å²) in [6.07, 6.45) is 0. The van der Waals surface area contributed by atoms with E-state index in [9.17, 15) is 0 Å². The van der Waals surface area contributed by atoms with Gasteiger partial charge < -0.3 is 5.73 Å². The fourth-order valence-electron chi connectivity index (χ4n) is 0.808. The minimum absolute atomic E-state index is 0.522. The third-order valence-corrected chi connectivity index (χ3v) is 1.86. The fraction of sp³-hybridized carbons (Fsp3) is 0.143. The quantitative estimate of drug-likeness (QED) is 0.555. The second kappa shape index (κ2) is 3.81. The number of benzene rings is 1. The molecule has 0 unspecified atom stereocenters. The summed E-state index contributed by atoms with van der Waals surface area (Å²) in [6, 6.07) is 5.45. The molecule has 11 heavy (non-hydrogen) atoms. The summed E-state index contributed by atoms with van der Waals surface area (Å²) in [5, 5.41) is 0.564. The Balaban J connectivity index is 2.96. The molecular weight excluding hydrogens is 183 g/mol. The van der Waals surface area contributed by atoms with Crippen LogP contribution in [0.25, 0.3) is 0 Å². The molecular formula is C7H8Cl2N2. The summed E-state index contributed by atoms with van der Waals surface area (Å²) in [5.74, 6) is 0. The van der Waals surface area contributed by atoms with Crippen LogP contribution in [0.2, 0.25) is 5.02 Å². The van der Waals surface area contributed by atoms with E-state index in [-0.39, 0.29) is 0 Å². The zero-order chi connectivity index (χ0) is 8.27. The van der Waals surface area contributed by atoms with Crippen molar-refractivity contribution in [3.05, 3.63) is 28.8 Å². The average molecular weight is 191 g/mol. The van der Waals surface area contributed by atoms with Gasteiger partial charge in [0.15, 0.2) is 0 Å². The van der Waals surface area contributed by atoms with Crippen molar-refractivity contribution in [2.24, 2.45) is 0 Å². The van der Waals surface area contributed by atoms with Crippen molar-refractivity contribution >= 4 is 29.1 Å². The minimum Gasteiger partial charge on any atom is -0.397 e. The Kier molecular flexibility index (Phi) is 3.00. The van der Waals surface area contributed by atoms with Crippen LogP contribution in [0.15, 0.2) is 18.2 Å². The Morgan fingerprint density at radius 2 is 2.18 bits per heavy atom. The lowest BCUT2D eigenvalue weighted by molar-refractivity contribution is 0.967. The van der Waals surface area contributed by atoms with Crippen molar-refractivity contribution < 1.29 is 0 Å². The van der Waals surface area contributed by atoms with Gasteiger partial charge in [0.05, 0.1) is 10.7 Å². The molecule has 0 saturated heterocycles. The van der Waals surface area contributed by atoms with Gasteiger partial charge in [0.1, 0.15) is 0 Å². The molecule has 0 atom stereocenters. The first-order valence-corrected chi connectivity index (χ1v) is 3.87. The predicted octanol–water partition coefficient (Wildman–Crippen LogP) is 2.17. The molecule has 2 nitrogen and oxygen atoms in total. The number of anilines is 1. The zero-order valence-corrected chi connectivity index (χ0v) is 7.28. The topological polar surface area (TPSA) is 38.0 Å². The smallest absolute Gasteiger partial charge is 0.0638 e. The van der Waals surface area contributed by atoms with Crippen molar-refractivity contribution in [2.75, 3.05) is 5.73 Å². The molecule has 60 valence electrons. The summed E-state index contributed by atoms with van der Waals surface area (Å²) in [5.41, 5.74) is 7.13. The van der Waals surface area contributed by atoms with Crippen LogP contribution >= 0.6 is 23.4 Å². The molecule has 0 aromatic heterocycles. The van der Waals surface area contributed by atoms with Crippen LogP contribution in [0.4, 0.5) is 5.69 Å². The normalized spacial score (nSPS) is 10.0. The summed E-state index contributed by atoms with van der Waals surface area (Å²) in [7, 11) is 0. The van der Waals surface area contributed by atoms with Gasteiger partial charge in [-0.2, -0.15) is 0 Å². The van der Waals surface area contributed by atoms with Crippen LogP contribution in [0.3, 0.4) is 0 Å². The molecule has 1 aromatic carbocycles. The maximum atomic E-state index is 5.75. The lowest BCUT2D eigenvalue weighted by atomic mass is 10.2. The Morgan fingerprint density at radius 3 is 2.82 bits per heavy atom. The Bertz CT molecular complexity index is 250. The minimum atomic E-state index is 0.522. The molecule has 0 amide bonds. The number of nitrogens with one attached hydrogen (secondary N) is 1. The number of para-hydroxylation sites is 1. The maximum absolute atomic E-state index is 5.75. The highest BCUT2D eigenvalue weighted by atomic mass is 35.5. The van der Waals surface area contributed by atoms with E-state index in [0.29, 0.717) is 17.3 Å². The number of rotatable bonds is 2. The highest BCUT2D eigenvalue weighted by molar-refractivity contribution is 6.33. The largest absolute Gasteiger partial charge is 0.397 e. The van der Waals surface area contributed by atoms with Gasteiger partial charge in [-0.3, -0.25) is 0 Å². The van der Waals surface area contributed by atoms with Gasteiger partial charge in [-0.15, -0.1) is 0 Å². The van der Waals surface area contributed by atoms with Crippen LogP contribution in [0.5, 0.6) is 0 Å².